The number of aromatic nitrogens is 1. The Morgan fingerprint density at radius 1 is 0.927 bits per heavy atom. The average molecular weight is 599 g/mol. The number of likely N-dealkylation sites (N-methyl/N-ethyl adjacent to an activating group) is 1. The number of rotatable bonds is 13. The van der Waals surface area contributed by atoms with Gasteiger partial charge in [-0.25, -0.2) is 8.42 Å². The zero-order chi connectivity index (χ0) is 29.7. The SMILES string of the molecule is COc1ccc(CCN(C)CCCOc2ccc(S(=O)(=O)c3c(C(C)C)c4cc(Cl)ccc4n3C)cc2)cc1OC. The first-order valence-electron chi connectivity index (χ1n) is 13.7. The zero-order valence-corrected chi connectivity index (χ0v) is 26.2. The Labute approximate surface area is 248 Å². The molecule has 0 saturated heterocycles. The number of ether oxygens (including phenoxy) is 3. The van der Waals surface area contributed by atoms with E-state index in [0.717, 1.165) is 53.9 Å². The molecule has 4 rings (SSSR count). The van der Waals surface area contributed by atoms with Gasteiger partial charge < -0.3 is 23.7 Å². The molecule has 0 radical (unpaired) electrons. The summed E-state index contributed by atoms with van der Waals surface area (Å²) < 4.78 is 46.0. The minimum atomic E-state index is -3.77. The molecule has 3 aromatic carbocycles. The van der Waals surface area contributed by atoms with Crippen molar-refractivity contribution in [3.8, 4) is 17.2 Å². The second-order valence-electron chi connectivity index (χ2n) is 10.5. The molecule has 0 aliphatic carbocycles. The van der Waals surface area contributed by atoms with Crippen molar-refractivity contribution in [2.75, 3.05) is 41.0 Å². The third-order valence-corrected chi connectivity index (χ3v) is 9.42. The van der Waals surface area contributed by atoms with E-state index in [9.17, 15) is 8.42 Å². The van der Waals surface area contributed by atoms with E-state index >= 15 is 0 Å². The Bertz CT molecular complexity index is 1600. The number of nitrogens with zero attached hydrogens (tertiary/aromatic N) is 2. The van der Waals surface area contributed by atoms with Gasteiger partial charge >= 0.3 is 0 Å². The number of fused-ring (bicyclic) bond motifs is 1. The van der Waals surface area contributed by atoms with Crippen LogP contribution in [-0.2, 0) is 23.3 Å². The molecule has 9 heteroatoms. The summed E-state index contributed by atoms with van der Waals surface area (Å²) in [4.78, 5) is 2.50. The molecular formula is C32H39ClN2O5S. The van der Waals surface area contributed by atoms with Crippen molar-refractivity contribution in [2.24, 2.45) is 7.05 Å². The predicted molar refractivity (Wildman–Crippen MR) is 165 cm³/mol. The van der Waals surface area contributed by atoms with Crippen molar-refractivity contribution in [1.82, 2.24) is 9.47 Å². The summed E-state index contributed by atoms with van der Waals surface area (Å²) in [6, 6.07) is 18.2. The molecule has 0 bridgehead atoms. The van der Waals surface area contributed by atoms with Crippen molar-refractivity contribution in [1.29, 1.82) is 0 Å². The quantitative estimate of drug-likeness (QED) is 0.159. The molecule has 41 heavy (non-hydrogen) atoms. The van der Waals surface area contributed by atoms with E-state index in [1.54, 1.807) is 56.2 Å². The summed E-state index contributed by atoms with van der Waals surface area (Å²) in [5.74, 6) is 2.11. The number of methoxy groups -OCH3 is 2. The highest BCUT2D eigenvalue weighted by Crippen LogP contribution is 2.38. The van der Waals surface area contributed by atoms with Crippen LogP contribution in [0.15, 0.2) is 70.6 Å². The molecular weight excluding hydrogens is 560 g/mol. The molecule has 1 aromatic heterocycles. The molecule has 0 aliphatic rings. The molecule has 0 spiro atoms. The molecule has 0 amide bonds. The lowest BCUT2D eigenvalue weighted by Crippen LogP contribution is -2.23. The molecule has 0 fully saturated rings. The van der Waals surface area contributed by atoms with E-state index in [0.29, 0.717) is 22.4 Å². The third-order valence-electron chi connectivity index (χ3n) is 7.29. The largest absolute Gasteiger partial charge is 0.494 e. The first-order valence-corrected chi connectivity index (χ1v) is 15.6. The Kier molecular flexibility index (Phi) is 9.89. The van der Waals surface area contributed by atoms with E-state index in [2.05, 4.69) is 18.0 Å². The lowest BCUT2D eigenvalue weighted by molar-refractivity contribution is 0.264. The topological polar surface area (TPSA) is 70.0 Å². The van der Waals surface area contributed by atoms with E-state index in [4.69, 9.17) is 25.8 Å². The molecule has 0 atom stereocenters. The summed E-state index contributed by atoms with van der Waals surface area (Å²) in [6.45, 7) is 6.32. The van der Waals surface area contributed by atoms with Crippen LogP contribution in [-0.4, -0.2) is 58.8 Å². The van der Waals surface area contributed by atoms with Crippen LogP contribution in [0.1, 0.15) is 37.3 Å². The molecule has 0 aliphatic heterocycles. The summed E-state index contributed by atoms with van der Waals surface area (Å²) in [7, 11) is 3.39. The maximum absolute atomic E-state index is 13.8. The van der Waals surface area contributed by atoms with Crippen molar-refractivity contribution < 1.29 is 22.6 Å². The van der Waals surface area contributed by atoms with E-state index in [1.807, 2.05) is 38.1 Å². The lowest BCUT2D eigenvalue weighted by atomic mass is 10.0. The Balaban J connectivity index is 1.34. The second-order valence-corrected chi connectivity index (χ2v) is 12.8. The van der Waals surface area contributed by atoms with Gasteiger partial charge in [0.2, 0.25) is 9.84 Å². The maximum Gasteiger partial charge on any atom is 0.222 e. The van der Waals surface area contributed by atoms with Crippen LogP contribution in [0.5, 0.6) is 17.2 Å². The number of halogens is 1. The molecule has 4 aromatic rings. The van der Waals surface area contributed by atoms with Gasteiger partial charge in [-0.3, -0.25) is 0 Å². The lowest BCUT2D eigenvalue weighted by Gasteiger charge is -2.17. The fourth-order valence-corrected chi connectivity index (χ4v) is 7.11. The first-order chi connectivity index (χ1) is 19.6. The molecule has 7 nitrogen and oxygen atoms in total. The Morgan fingerprint density at radius 2 is 1.63 bits per heavy atom. The number of hydrogen-bond acceptors (Lipinski definition) is 6. The smallest absolute Gasteiger partial charge is 0.222 e. The van der Waals surface area contributed by atoms with Crippen molar-refractivity contribution >= 4 is 32.3 Å². The fraction of sp³-hybridized carbons (Fsp3) is 0.375. The van der Waals surface area contributed by atoms with Crippen molar-refractivity contribution in [2.45, 2.75) is 42.5 Å². The maximum atomic E-state index is 13.8. The third kappa shape index (κ3) is 6.83. The van der Waals surface area contributed by atoms with E-state index in [1.165, 1.54) is 5.56 Å². The van der Waals surface area contributed by atoms with Crippen LogP contribution in [0.2, 0.25) is 5.02 Å². The monoisotopic (exact) mass is 598 g/mol. The van der Waals surface area contributed by atoms with Crippen LogP contribution in [0.3, 0.4) is 0 Å². The number of sulfone groups is 1. The molecule has 1 heterocycles. The number of hydrogen-bond donors (Lipinski definition) is 0. The molecule has 0 unspecified atom stereocenters. The van der Waals surface area contributed by atoms with Crippen LogP contribution in [0.25, 0.3) is 10.9 Å². The highest BCUT2D eigenvalue weighted by molar-refractivity contribution is 7.91. The van der Waals surface area contributed by atoms with Crippen LogP contribution < -0.4 is 14.2 Å². The van der Waals surface area contributed by atoms with Gasteiger partial charge in [-0.05, 0) is 91.5 Å². The summed E-state index contributed by atoms with van der Waals surface area (Å²) in [5.41, 5.74) is 2.81. The van der Waals surface area contributed by atoms with Crippen molar-refractivity contribution in [3.63, 3.8) is 0 Å². The summed E-state index contributed by atoms with van der Waals surface area (Å²) in [6.07, 6.45) is 1.74. The highest BCUT2D eigenvalue weighted by atomic mass is 35.5. The molecule has 0 N–H and O–H groups in total. The minimum Gasteiger partial charge on any atom is -0.494 e. The van der Waals surface area contributed by atoms with Crippen molar-refractivity contribution in [3.05, 3.63) is 76.8 Å². The van der Waals surface area contributed by atoms with Gasteiger partial charge in [0.15, 0.2) is 11.5 Å². The zero-order valence-electron chi connectivity index (χ0n) is 24.6. The van der Waals surface area contributed by atoms with Gasteiger partial charge in [-0.2, -0.15) is 0 Å². The van der Waals surface area contributed by atoms with Gasteiger partial charge in [-0.1, -0.05) is 31.5 Å². The van der Waals surface area contributed by atoms with E-state index in [-0.39, 0.29) is 10.8 Å². The summed E-state index contributed by atoms with van der Waals surface area (Å²) >= 11 is 6.25. The Hall–Kier alpha value is -3.20. The summed E-state index contributed by atoms with van der Waals surface area (Å²) in [5, 5.41) is 1.75. The molecule has 220 valence electrons. The first kappa shape index (κ1) is 30.8. The van der Waals surface area contributed by atoms with Gasteiger partial charge in [-0.15, -0.1) is 0 Å². The van der Waals surface area contributed by atoms with Crippen LogP contribution >= 0.6 is 11.6 Å². The van der Waals surface area contributed by atoms with Gasteiger partial charge in [0.25, 0.3) is 0 Å². The number of aryl methyl sites for hydroxylation is 1. The van der Waals surface area contributed by atoms with Crippen LogP contribution in [0, 0.1) is 0 Å². The van der Waals surface area contributed by atoms with Crippen LogP contribution in [0.4, 0.5) is 0 Å². The number of benzene rings is 3. The highest BCUT2D eigenvalue weighted by Gasteiger charge is 2.29. The molecule has 0 saturated carbocycles. The van der Waals surface area contributed by atoms with Gasteiger partial charge in [0.05, 0.1) is 25.7 Å². The minimum absolute atomic E-state index is 0.00159. The van der Waals surface area contributed by atoms with Gasteiger partial charge in [0.1, 0.15) is 10.8 Å². The Morgan fingerprint density at radius 3 is 2.29 bits per heavy atom. The second kappa shape index (κ2) is 13.2. The fourth-order valence-electron chi connectivity index (χ4n) is 5.12. The normalized spacial score (nSPS) is 11.9. The average Bonchev–Trinajstić information content (AvgIpc) is 3.26. The van der Waals surface area contributed by atoms with Gasteiger partial charge in [0, 0.05) is 36.1 Å². The standard InChI is InChI=1S/C32H39ClN2O5S/c1-22(2)31-27-21-24(33)9-14-28(27)35(4)32(31)41(36,37)26-12-10-25(11-13-26)40-19-7-17-34(3)18-16-23-8-15-29(38-5)30(20-23)39-6/h8-15,20-22H,7,16-19H2,1-6H3. The van der Waals surface area contributed by atoms with E-state index < -0.39 is 9.84 Å². The predicted octanol–water partition coefficient (Wildman–Crippen LogP) is 6.75.